The molecule has 178 valence electrons. The van der Waals surface area contributed by atoms with Crippen molar-refractivity contribution in [2.45, 2.75) is 0 Å². The lowest BCUT2D eigenvalue weighted by Crippen LogP contribution is -2.40. The van der Waals surface area contributed by atoms with E-state index in [9.17, 15) is 0 Å². The Balaban J connectivity index is 1.63. The lowest BCUT2D eigenvalue weighted by atomic mass is 9.67. The molecule has 0 aliphatic heterocycles. The molecule has 0 spiro atoms. The van der Waals surface area contributed by atoms with Crippen LogP contribution in [-0.4, -0.2) is 23.5 Å². The normalized spacial score (nSPS) is 11.8. The summed E-state index contributed by atoms with van der Waals surface area (Å²) in [5.41, 5.74) is 6.75. The van der Waals surface area contributed by atoms with Crippen LogP contribution in [0.15, 0.2) is 120 Å². The molecule has 0 saturated heterocycles. The highest BCUT2D eigenvalue weighted by Crippen LogP contribution is 2.46. The highest BCUT2D eigenvalue weighted by atomic mass is 16.3. The first-order valence-corrected chi connectivity index (χ1v) is 13.3. The average molecular weight is 500 g/mol. The van der Waals surface area contributed by atoms with E-state index in [1.165, 1.54) is 21.9 Å². The predicted octanol–water partition coefficient (Wildman–Crippen LogP) is 6.76. The van der Waals surface area contributed by atoms with Crippen molar-refractivity contribution in [2.24, 2.45) is 0 Å². The Hall–Kier alpha value is -4.69. The van der Waals surface area contributed by atoms with Crippen LogP contribution in [0, 0.1) is 0 Å². The smallest absolute Gasteiger partial charge is 0.135 e. The van der Waals surface area contributed by atoms with Crippen molar-refractivity contribution in [1.82, 2.24) is 0 Å². The lowest BCUT2D eigenvalue weighted by molar-refractivity contribution is 0.672. The van der Waals surface area contributed by atoms with Crippen molar-refractivity contribution in [3.8, 4) is 22.3 Å². The highest BCUT2D eigenvalue weighted by molar-refractivity contribution is 6.62. The number of benzene rings is 7. The topological polar surface area (TPSA) is 13.1 Å². The molecule has 0 atom stereocenters. The van der Waals surface area contributed by atoms with Crippen molar-refractivity contribution in [3.05, 3.63) is 115 Å². The van der Waals surface area contributed by atoms with Crippen LogP contribution >= 0.6 is 0 Å². The zero-order valence-electron chi connectivity index (χ0n) is 21.6. The van der Waals surface area contributed by atoms with Crippen LogP contribution in [0.3, 0.4) is 0 Å². The minimum absolute atomic E-state index is 0.341. The van der Waals surface area contributed by atoms with Gasteiger partial charge in [-0.3, -0.25) is 0 Å². The summed E-state index contributed by atoms with van der Waals surface area (Å²) in [5.74, 6) is 0. The first kappa shape index (κ1) is 23.2. The fourth-order valence-electron chi connectivity index (χ4n) is 6.41. The third-order valence-corrected chi connectivity index (χ3v) is 8.18. The van der Waals surface area contributed by atoms with E-state index in [0.717, 1.165) is 49.0 Å². The minimum atomic E-state index is 0.341. The van der Waals surface area contributed by atoms with Crippen LogP contribution in [0.25, 0.3) is 76.5 Å². The molecular formula is C36H19B3O. The van der Waals surface area contributed by atoms with Crippen LogP contribution in [0.5, 0.6) is 0 Å². The molecule has 1 nitrogen and oxygen atoms in total. The first-order valence-electron chi connectivity index (χ1n) is 13.3. The summed E-state index contributed by atoms with van der Waals surface area (Å²) in [6.45, 7) is 0. The van der Waals surface area contributed by atoms with E-state index >= 15 is 0 Å². The van der Waals surface area contributed by atoms with Gasteiger partial charge < -0.3 is 4.42 Å². The zero-order chi connectivity index (χ0) is 27.0. The number of hydrogen-bond donors (Lipinski definition) is 0. The van der Waals surface area contributed by atoms with Crippen LogP contribution < -0.4 is 16.4 Å². The Morgan fingerprint density at radius 3 is 1.60 bits per heavy atom. The second-order valence-electron chi connectivity index (χ2n) is 10.3. The van der Waals surface area contributed by atoms with E-state index < -0.39 is 0 Å². The quantitative estimate of drug-likeness (QED) is 0.189. The maximum Gasteiger partial charge on any atom is 0.135 e. The first-order chi connectivity index (χ1) is 19.6. The Labute approximate surface area is 235 Å². The molecule has 40 heavy (non-hydrogen) atoms. The summed E-state index contributed by atoms with van der Waals surface area (Å²) in [6.07, 6.45) is 0. The second kappa shape index (κ2) is 8.66. The summed E-state index contributed by atoms with van der Waals surface area (Å²) in [5, 5.41) is 8.72. The molecule has 0 aliphatic carbocycles. The maximum absolute atomic E-state index is 6.89. The van der Waals surface area contributed by atoms with E-state index in [0.29, 0.717) is 22.0 Å². The van der Waals surface area contributed by atoms with Crippen LogP contribution in [0.4, 0.5) is 0 Å². The zero-order valence-corrected chi connectivity index (χ0v) is 21.6. The van der Waals surface area contributed by atoms with Gasteiger partial charge in [-0.15, -0.1) is 5.46 Å². The van der Waals surface area contributed by atoms with Gasteiger partial charge >= 0.3 is 0 Å². The van der Waals surface area contributed by atoms with E-state index in [1.807, 2.05) is 18.2 Å². The van der Waals surface area contributed by atoms with Crippen LogP contribution in [0.1, 0.15) is 0 Å². The highest BCUT2D eigenvalue weighted by Gasteiger charge is 2.23. The largest absolute Gasteiger partial charge is 0.457 e. The molecule has 6 radical (unpaired) electrons. The van der Waals surface area contributed by atoms with Gasteiger partial charge in [-0.05, 0) is 60.6 Å². The van der Waals surface area contributed by atoms with Gasteiger partial charge in [0.05, 0.1) is 0 Å². The number of fused-ring (bicyclic) bond motifs is 6. The molecule has 0 unspecified atom stereocenters. The summed E-state index contributed by atoms with van der Waals surface area (Å²) in [7, 11) is 20.0. The van der Waals surface area contributed by atoms with Crippen LogP contribution in [-0.2, 0) is 0 Å². The molecule has 0 aliphatic rings. The van der Waals surface area contributed by atoms with Gasteiger partial charge in [0.1, 0.15) is 34.7 Å². The summed E-state index contributed by atoms with van der Waals surface area (Å²) in [4.78, 5) is 0. The standard InChI is InChI=1S/C36H19B3O/c37-33-32(31-27-17-7-8-19-28(27)40-36(31)35(39)34(33)38)30-25-15-5-3-13-23(25)29(24-14-4-6-16-26(24)30)22-18-9-11-20-10-1-2-12-21(20)22/h1-19H. The van der Waals surface area contributed by atoms with Crippen LogP contribution in [0.2, 0.25) is 0 Å². The van der Waals surface area contributed by atoms with Crippen molar-refractivity contribution < 1.29 is 4.42 Å². The van der Waals surface area contributed by atoms with Gasteiger partial charge in [-0.25, -0.2) is 0 Å². The Kier molecular flexibility index (Phi) is 5.03. The van der Waals surface area contributed by atoms with Gasteiger partial charge in [0.2, 0.25) is 0 Å². The average Bonchev–Trinajstić information content (AvgIpc) is 3.39. The molecule has 0 bridgehead atoms. The minimum Gasteiger partial charge on any atom is -0.457 e. The monoisotopic (exact) mass is 500 g/mol. The summed E-state index contributed by atoms with van der Waals surface area (Å²) < 4.78 is 6.29. The SMILES string of the molecule is [B]c1c([B])c(-c2c3ccccc3c(-c3cccc4ccccc34)c3ccccc23)c2c(oc3ccccc32)c1[B]. The van der Waals surface area contributed by atoms with Gasteiger partial charge in [0.25, 0.3) is 0 Å². The van der Waals surface area contributed by atoms with Crippen molar-refractivity contribution in [1.29, 1.82) is 0 Å². The molecular weight excluding hydrogens is 481 g/mol. The Bertz CT molecular complexity index is 2250. The van der Waals surface area contributed by atoms with Gasteiger partial charge in [-0.2, -0.15) is 0 Å². The Morgan fingerprint density at radius 2 is 0.925 bits per heavy atom. The van der Waals surface area contributed by atoms with Gasteiger partial charge in [-0.1, -0.05) is 120 Å². The fourth-order valence-corrected chi connectivity index (χ4v) is 6.41. The predicted molar refractivity (Wildman–Crippen MR) is 173 cm³/mol. The molecule has 0 fully saturated rings. The number of hydrogen-bond acceptors (Lipinski definition) is 1. The number of furan rings is 1. The van der Waals surface area contributed by atoms with E-state index in [1.54, 1.807) is 0 Å². The number of para-hydroxylation sites is 1. The van der Waals surface area contributed by atoms with Crippen molar-refractivity contribution in [3.63, 3.8) is 0 Å². The second-order valence-corrected chi connectivity index (χ2v) is 10.3. The third-order valence-electron chi connectivity index (χ3n) is 8.18. The fraction of sp³-hybridized carbons (Fsp3) is 0. The molecule has 4 heteroatoms. The van der Waals surface area contributed by atoms with Crippen molar-refractivity contribution in [2.75, 3.05) is 0 Å². The molecule has 7 aromatic carbocycles. The van der Waals surface area contributed by atoms with E-state index in [-0.39, 0.29) is 0 Å². The summed E-state index contributed by atoms with van der Waals surface area (Å²) >= 11 is 0. The Morgan fingerprint density at radius 1 is 0.400 bits per heavy atom. The molecule has 8 aromatic rings. The summed E-state index contributed by atoms with van der Waals surface area (Å²) in [6, 6.07) is 40.1. The van der Waals surface area contributed by atoms with Crippen molar-refractivity contribution >= 4 is 94.2 Å². The van der Waals surface area contributed by atoms with E-state index in [4.69, 9.17) is 28.0 Å². The van der Waals surface area contributed by atoms with E-state index in [2.05, 4.69) is 97.1 Å². The maximum atomic E-state index is 6.89. The molecule has 1 aromatic heterocycles. The molecule has 1 heterocycles. The van der Waals surface area contributed by atoms with Gasteiger partial charge in [0.15, 0.2) is 0 Å². The molecule has 0 saturated carbocycles. The van der Waals surface area contributed by atoms with Gasteiger partial charge in [0, 0.05) is 10.8 Å². The molecule has 0 amide bonds. The molecule has 8 rings (SSSR count). The number of rotatable bonds is 2. The lowest BCUT2D eigenvalue weighted by Gasteiger charge is -2.22. The molecule has 0 N–H and O–H groups in total. The third kappa shape index (κ3) is 3.14.